The molecule has 4 rings (SSSR count). The molecule has 1 aliphatic rings. The third kappa shape index (κ3) is 5.77. The van der Waals surface area contributed by atoms with E-state index in [0.717, 1.165) is 34.9 Å². The first kappa shape index (κ1) is 26.2. The van der Waals surface area contributed by atoms with Crippen LogP contribution in [0.15, 0.2) is 60.7 Å². The van der Waals surface area contributed by atoms with Gasteiger partial charge in [0.05, 0.1) is 12.8 Å². The molecule has 0 saturated carbocycles. The van der Waals surface area contributed by atoms with Gasteiger partial charge in [-0.3, -0.25) is 14.4 Å². The highest BCUT2D eigenvalue weighted by atomic mass is 16.5. The summed E-state index contributed by atoms with van der Waals surface area (Å²) in [5, 5.41) is 4.95. The van der Waals surface area contributed by atoms with E-state index in [9.17, 15) is 14.4 Å². The SMILES string of the molecule is CCCCNC(=O)[C@H](C)N(Cc1cccc(OC)c1)C(=O)CCCN1C(=O)c2cccc3cccc1c23. The van der Waals surface area contributed by atoms with Crippen LogP contribution in [0, 0.1) is 0 Å². The van der Waals surface area contributed by atoms with Crippen molar-refractivity contribution in [2.75, 3.05) is 25.1 Å². The van der Waals surface area contributed by atoms with Crippen LogP contribution in [-0.4, -0.2) is 48.9 Å². The zero-order valence-corrected chi connectivity index (χ0v) is 21.8. The van der Waals surface area contributed by atoms with Crippen molar-refractivity contribution in [1.82, 2.24) is 10.2 Å². The largest absolute Gasteiger partial charge is 0.497 e. The molecule has 37 heavy (non-hydrogen) atoms. The molecular weight excluding hydrogens is 466 g/mol. The highest BCUT2D eigenvalue weighted by molar-refractivity contribution is 6.25. The van der Waals surface area contributed by atoms with E-state index >= 15 is 0 Å². The van der Waals surface area contributed by atoms with Crippen LogP contribution in [0.1, 0.15) is 55.5 Å². The van der Waals surface area contributed by atoms with Crippen LogP contribution >= 0.6 is 0 Å². The second-order valence-electron chi connectivity index (χ2n) is 9.43. The molecule has 0 aromatic heterocycles. The Bertz CT molecular complexity index is 1280. The minimum atomic E-state index is -0.623. The first-order valence-corrected chi connectivity index (χ1v) is 13.0. The summed E-state index contributed by atoms with van der Waals surface area (Å²) in [4.78, 5) is 42.8. The molecule has 0 radical (unpaired) electrons. The lowest BCUT2D eigenvalue weighted by atomic mass is 10.1. The molecular formula is C30H35N3O4. The maximum Gasteiger partial charge on any atom is 0.258 e. The number of hydrogen-bond donors (Lipinski definition) is 1. The zero-order valence-electron chi connectivity index (χ0n) is 21.8. The van der Waals surface area contributed by atoms with E-state index in [0.29, 0.717) is 37.4 Å². The van der Waals surface area contributed by atoms with Crippen molar-refractivity contribution in [2.24, 2.45) is 0 Å². The summed E-state index contributed by atoms with van der Waals surface area (Å²) in [7, 11) is 1.60. The number of benzene rings is 3. The highest BCUT2D eigenvalue weighted by Crippen LogP contribution is 2.37. The Labute approximate surface area is 218 Å². The van der Waals surface area contributed by atoms with Crippen molar-refractivity contribution in [3.63, 3.8) is 0 Å². The van der Waals surface area contributed by atoms with E-state index in [1.807, 2.05) is 60.7 Å². The molecule has 1 heterocycles. The number of carbonyl (C=O) groups is 3. The van der Waals surface area contributed by atoms with E-state index < -0.39 is 6.04 Å². The lowest BCUT2D eigenvalue weighted by molar-refractivity contribution is -0.140. The van der Waals surface area contributed by atoms with Crippen LogP contribution in [0.4, 0.5) is 5.69 Å². The number of ether oxygens (including phenoxy) is 1. The Balaban J connectivity index is 1.45. The van der Waals surface area contributed by atoms with Crippen LogP contribution in [0.3, 0.4) is 0 Å². The van der Waals surface area contributed by atoms with Gasteiger partial charge in [-0.25, -0.2) is 0 Å². The number of nitrogens with one attached hydrogen (secondary N) is 1. The molecule has 3 aromatic carbocycles. The second kappa shape index (κ2) is 11.9. The molecule has 7 heteroatoms. The summed E-state index contributed by atoms with van der Waals surface area (Å²) < 4.78 is 5.33. The smallest absolute Gasteiger partial charge is 0.258 e. The molecule has 3 amide bonds. The average molecular weight is 502 g/mol. The third-order valence-corrected chi connectivity index (χ3v) is 6.91. The Morgan fingerprint density at radius 2 is 1.81 bits per heavy atom. The van der Waals surface area contributed by atoms with Crippen LogP contribution in [0.25, 0.3) is 10.8 Å². The molecule has 1 atom stereocenters. The van der Waals surface area contributed by atoms with Crippen molar-refractivity contribution < 1.29 is 19.1 Å². The molecule has 0 spiro atoms. The predicted molar refractivity (Wildman–Crippen MR) is 146 cm³/mol. The lowest BCUT2D eigenvalue weighted by Crippen LogP contribution is -2.47. The monoisotopic (exact) mass is 501 g/mol. The van der Waals surface area contributed by atoms with Crippen LogP contribution in [0.5, 0.6) is 5.75 Å². The van der Waals surface area contributed by atoms with Crippen molar-refractivity contribution in [1.29, 1.82) is 0 Å². The van der Waals surface area contributed by atoms with Crippen molar-refractivity contribution in [2.45, 2.75) is 52.1 Å². The minimum absolute atomic E-state index is 0.0313. The number of hydrogen-bond acceptors (Lipinski definition) is 4. The van der Waals surface area contributed by atoms with Gasteiger partial charge in [0, 0.05) is 37.0 Å². The summed E-state index contributed by atoms with van der Waals surface area (Å²) in [6, 6.07) is 18.6. The first-order valence-electron chi connectivity index (χ1n) is 13.0. The molecule has 3 aromatic rings. The van der Waals surface area contributed by atoms with Crippen molar-refractivity contribution >= 4 is 34.2 Å². The Hall–Kier alpha value is -3.87. The van der Waals surface area contributed by atoms with Gasteiger partial charge in [-0.05, 0) is 55.0 Å². The number of nitrogens with zero attached hydrogens (tertiary/aromatic N) is 2. The van der Waals surface area contributed by atoms with Gasteiger partial charge >= 0.3 is 0 Å². The summed E-state index contributed by atoms with van der Waals surface area (Å²) in [6.07, 6.45) is 2.59. The van der Waals surface area contributed by atoms with Crippen molar-refractivity contribution in [3.8, 4) is 5.75 Å². The van der Waals surface area contributed by atoms with Gasteiger partial charge in [0.1, 0.15) is 11.8 Å². The van der Waals surface area contributed by atoms with Crippen LogP contribution in [-0.2, 0) is 16.1 Å². The fourth-order valence-corrected chi connectivity index (χ4v) is 4.82. The molecule has 0 saturated heterocycles. The summed E-state index contributed by atoms with van der Waals surface area (Å²) >= 11 is 0. The number of carbonyl (C=O) groups excluding carboxylic acids is 3. The number of rotatable bonds is 12. The number of anilines is 1. The first-order chi connectivity index (χ1) is 17.9. The topological polar surface area (TPSA) is 79.0 Å². The predicted octanol–water partition coefficient (Wildman–Crippen LogP) is 4.92. The van der Waals surface area contributed by atoms with Gasteiger partial charge in [-0.1, -0.05) is 49.7 Å². The molecule has 0 bridgehead atoms. The third-order valence-electron chi connectivity index (χ3n) is 6.91. The van der Waals surface area contributed by atoms with Crippen LogP contribution < -0.4 is 15.0 Å². The normalized spacial score (nSPS) is 13.1. The molecule has 0 aliphatic carbocycles. The molecule has 7 nitrogen and oxygen atoms in total. The standard InChI is InChI=1S/C30H35N3O4/c1-4-5-17-31-29(35)21(2)33(20-22-10-6-13-24(19-22)37-3)27(34)16-9-18-32-26-15-8-12-23-11-7-14-25(28(23)26)30(32)36/h6-8,10-15,19,21H,4-5,9,16-18,20H2,1-3H3,(H,31,35)/t21-/m0/s1. The summed E-state index contributed by atoms with van der Waals surface area (Å²) in [5.74, 6) is 0.382. The second-order valence-corrected chi connectivity index (χ2v) is 9.43. The van der Waals surface area contributed by atoms with E-state index in [2.05, 4.69) is 12.2 Å². The van der Waals surface area contributed by atoms with E-state index in [4.69, 9.17) is 4.74 Å². The maximum absolute atomic E-state index is 13.5. The van der Waals surface area contributed by atoms with Crippen molar-refractivity contribution in [3.05, 3.63) is 71.8 Å². The Morgan fingerprint density at radius 1 is 1.05 bits per heavy atom. The summed E-state index contributed by atoms with van der Waals surface area (Å²) in [5.41, 5.74) is 2.48. The Kier molecular flexibility index (Phi) is 8.43. The van der Waals surface area contributed by atoms with Gasteiger partial charge in [0.25, 0.3) is 5.91 Å². The fraction of sp³-hybridized carbons (Fsp3) is 0.367. The van der Waals surface area contributed by atoms with Gasteiger partial charge in [-0.2, -0.15) is 0 Å². The molecule has 194 valence electrons. The maximum atomic E-state index is 13.5. The van der Waals surface area contributed by atoms with Gasteiger partial charge in [0.15, 0.2) is 0 Å². The minimum Gasteiger partial charge on any atom is -0.497 e. The zero-order chi connectivity index (χ0) is 26.4. The molecule has 0 fully saturated rings. The number of methoxy groups -OCH3 is 1. The van der Waals surface area contributed by atoms with Crippen LogP contribution in [0.2, 0.25) is 0 Å². The Morgan fingerprint density at radius 3 is 2.57 bits per heavy atom. The van der Waals surface area contributed by atoms with E-state index in [-0.39, 0.29) is 24.1 Å². The molecule has 0 unspecified atom stereocenters. The lowest BCUT2D eigenvalue weighted by Gasteiger charge is -2.29. The van der Waals surface area contributed by atoms with Gasteiger partial charge < -0.3 is 19.9 Å². The fourth-order valence-electron chi connectivity index (χ4n) is 4.82. The molecule has 1 aliphatic heterocycles. The highest BCUT2D eigenvalue weighted by Gasteiger charge is 2.30. The number of unbranched alkanes of at least 4 members (excludes halogenated alkanes) is 1. The average Bonchev–Trinajstić information content (AvgIpc) is 3.19. The number of amides is 3. The van der Waals surface area contributed by atoms with Gasteiger partial charge in [-0.15, -0.1) is 0 Å². The molecule has 1 N–H and O–H groups in total. The quantitative estimate of drug-likeness (QED) is 0.357. The summed E-state index contributed by atoms with van der Waals surface area (Å²) in [6.45, 7) is 5.15. The van der Waals surface area contributed by atoms with E-state index in [1.165, 1.54) is 0 Å². The van der Waals surface area contributed by atoms with Gasteiger partial charge in [0.2, 0.25) is 11.8 Å². The van der Waals surface area contributed by atoms with E-state index in [1.54, 1.807) is 23.8 Å².